The van der Waals surface area contributed by atoms with Gasteiger partial charge < -0.3 is 19.6 Å². The van der Waals surface area contributed by atoms with Gasteiger partial charge >= 0.3 is 6.09 Å². The first kappa shape index (κ1) is 22.6. The summed E-state index contributed by atoms with van der Waals surface area (Å²) in [6.07, 6.45) is 1.95. The Balaban J connectivity index is 1.54. The highest BCUT2D eigenvalue weighted by Crippen LogP contribution is 2.34. The van der Waals surface area contributed by atoms with Crippen LogP contribution < -0.4 is 0 Å². The van der Waals surface area contributed by atoms with E-state index in [0.29, 0.717) is 51.7 Å². The van der Waals surface area contributed by atoms with Gasteiger partial charge in [-0.2, -0.15) is 20.5 Å². The van der Waals surface area contributed by atoms with Gasteiger partial charge in [-0.1, -0.05) is 0 Å². The van der Waals surface area contributed by atoms with E-state index in [1.807, 2.05) is 34.6 Å². The van der Waals surface area contributed by atoms with Crippen LogP contribution in [0.2, 0.25) is 0 Å². The highest BCUT2D eigenvalue weighted by Gasteiger charge is 2.40. The van der Waals surface area contributed by atoms with Crippen LogP contribution in [-0.2, 0) is 9.53 Å². The highest BCUT2D eigenvalue weighted by atomic mass is 16.6. The molecule has 1 saturated heterocycles. The molecule has 1 N–H and O–H groups in total. The molecule has 0 radical (unpaired) electrons. The molecule has 3 rings (SSSR count). The number of rotatable bonds is 8. The maximum Gasteiger partial charge on any atom is 0.410 e. The van der Waals surface area contributed by atoms with Crippen LogP contribution in [0.1, 0.15) is 66.7 Å². The predicted molar refractivity (Wildman–Crippen MR) is 109 cm³/mol. The highest BCUT2D eigenvalue weighted by molar-refractivity contribution is 5.76. The lowest BCUT2D eigenvalue weighted by Gasteiger charge is -2.41. The average molecular weight is 423 g/mol. The van der Waals surface area contributed by atoms with E-state index in [1.165, 1.54) is 0 Å². The number of hydrogen-bond donors (Lipinski definition) is 1. The lowest BCUT2D eigenvalue weighted by molar-refractivity contribution is -0.137. The van der Waals surface area contributed by atoms with Gasteiger partial charge in [-0.05, 0) is 47.5 Å². The summed E-state index contributed by atoms with van der Waals surface area (Å²) >= 11 is 0. The second-order valence-electron chi connectivity index (χ2n) is 10.1. The summed E-state index contributed by atoms with van der Waals surface area (Å²) in [6.45, 7) is 10.8. The van der Waals surface area contributed by atoms with Crippen LogP contribution in [0.15, 0.2) is 20.5 Å². The Morgan fingerprint density at radius 2 is 1.57 bits per heavy atom. The average Bonchev–Trinajstić information content (AvgIpc) is 3.55. The minimum Gasteiger partial charge on any atom is -0.444 e. The SMILES string of the molecule is CC1(CCC(=O)N(CCC2(C)N=N2)CC2(O)CCN(C(=O)OC(C)(C)C)CC2)N=N1. The number of aliphatic hydroxyl groups is 1. The summed E-state index contributed by atoms with van der Waals surface area (Å²) in [5.41, 5.74) is -2.43. The van der Waals surface area contributed by atoms with Crippen LogP contribution in [0.3, 0.4) is 0 Å². The molecule has 2 amide bonds. The molecule has 0 aliphatic carbocycles. The van der Waals surface area contributed by atoms with Crippen molar-refractivity contribution in [1.82, 2.24) is 9.80 Å². The molecule has 0 aromatic rings. The number of amides is 2. The quantitative estimate of drug-likeness (QED) is 0.646. The van der Waals surface area contributed by atoms with E-state index in [4.69, 9.17) is 4.74 Å². The van der Waals surface area contributed by atoms with Crippen molar-refractivity contribution in [3.63, 3.8) is 0 Å². The minimum atomic E-state index is -1.04. The molecule has 30 heavy (non-hydrogen) atoms. The smallest absolute Gasteiger partial charge is 0.410 e. The Labute approximate surface area is 177 Å². The molecule has 0 bridgehead atoms. The Morgan fingerprint density at radius 3 is 2.07 bits per heavy atom. The van der Waals surface area contributed by atoms with Gasteiger partial charge in [0.25, 0.3) is 0 Å². The molecular formula is C20H34N6O4. The van der Waals surface area contributed by atoms with Gasteiger partial charge in [0.05, 0.1) is 5.60 Å². The zero-order chi connectivity index (χ0) is 22.2. The van der Waals surface area contributed by atoms with Crippen LogP contribution in [0.5, 0.6) is 0 Å². The third-order valence-corrected chi connectivity index (χ3v) is 5.73. The molecule has 3 heterocycles. The lowest BCUT2D eigenvalue weighted by Crippen LogP contribution is -2.54. The molecule has 0 aromatic carbocycles. The normalized spacial score (nSPS) is 22.5. The van der Waals surface area contributed by atoms with Gasteiger partial charge in [0, 0.05) is 45.4 Å². The molecular weight excluding hydrogens is 388 g/mol. The van der Waals surface area contributed by atoms with E-state index in [2.05, 4.69) is 20.5 Å². The van der Waals surface area contributed by atoms with Gasteiger partial charge in [-0.3, -0.25) is 4.79 Å². The van der Waals surface area contributed by atoms with Crippen LogP contribution >= 0.6 is 0 Å². The summed E-state index contributed by atoms with van der Waals surface area (Å²) in [5, 5.41) is 27.1. The monoisotopic (exact) mass is 422 g/mol. The first-order chi connectivity index (χ1) is 13.8. The fourth-order valence-corrected chi connectivity index (χ4v) is 3.46. The molecule has 0 unspecified atom stereocenters. The predicted octanol–water partition coefficient (Wildman–Crippen LogP) is 3.11. The maximum atomic E-state index is 12.9. The fourth-order valence-electron chi connectivity index (χ4n) is 3.46. The first-order valence-electron chi connectivity index (χ1n) is 10.7. The summed E-state index contributed by atoms with van der Waals surface area (Å²) < 4.78 is 5.42. The topological polar surface area (TPSA) is 120 Å². The summed E-state index contributed by atoms with van der Waals surface area (Å²) in [5.74, 6) is -0.0271. The van der Waals surface area contributed by atoms with Gasteiger partial charge in [0.1, 0.15) is 5.60 Å². The van der Waals surface area contributed by atoms with Gasteiger partial charge in [-0.25, -0.2) is 4.79 Å². The van der Waals surface area contributed by atoms with E-state index in [1.54, 1.807) is 9.80 Å². The van der Waals surface area contributed by atoms with Gasteiger partial charge in [0.15, 0.2) is 11.3 Å². The van der Waals surface area contributed by atoms with Crippen molar-refractivity contribution in [1.29, 1.82) is 0 Å². The number of ether oxygens (including phenoxy) is 1. The summed E-state index contributed by atoms with van der Waals surface area (Å²) in [6, 6.07) is 0. The molecule has 0 atom stereocenters. The third kappa shape index (κ3) is 6.45. The zero-order valence-electron chi connectivity index (χ0n) is 18.7. The minimum absolute atomic E-state index is 0.0271. The Kier molecular flexibility index (Phi) is 5.92. The van der Waals surface area contributed by atoms with E-state index in [-0.39, 0.29) is 18.5 Å². The van der Waals surface area contributed by atoms with E-state index >= 15 is 0 Å². The lowest BCUT2D eigenvalue weighted by atomic mass is 9.90. The molecule has 168 valence electrons. The molecule has 3 aliphatic heterocycles. The molecule has 0 saturated carbocycles. The van der Waals surface area contributed by atoms with Gasteiger partial charge in [-0.15, -0.1) is 0 Å². The zero-order valence-corrected chi connectivity index (χ0v) is 18.7. The van der Waals surface area contributed by atoms with E-state index < -0.39 is 22.5 Å². The first-order valence-corrected chi connectivity index (χ1v) is 10.7. The van der Waals surface area contributed by atoms with Crippen LogP contribution in [0.25, 0.3) is 0 Å². The second-order valence-corrected chi connectivity index (χ2v) is 10.1. The summed E-state index contributed by atoms with van der Waals surface area (Å²) in [4.78, 5) is 28.5. The number of carbonyl (C=O) groups excluding carboxylic acids is 2. The maximum absolute atomic E-state index is 12.9. The van der Waals surface area contributed by atoms with Crippen LogP contribution in [-0.4, -0.2) is 75.6 Å². The van der Waals surface area contributed by atoms with Crippen molar-refractivity contribution in [2.45, 2.75) is 89.3 Å². The van der Waals surface area contributed by atoms with E-state index in [0.717, 1.165) is 0 Å². The fraction of sp³-hybridized carbons (Fsp3) is 0.900. The number of piperidine rings is 1. The molecule has 10 heteroatoms. The van der Waals surface area contributed by atoms with Crippen molar-refractivity contribution < 1.29 is 19.4 Å². The number of likely N-dealkylation sites (tertiary alicyclic amines) is 1. The molecule has 0 spiro atoms. The summed E-state index contributed by atoms with van der Waals surface area (Å²) in [7, 11) is 0. The molecule has 1 fully saturated rings. The van der Waals surface area contributed by atoms with E-state index in [9.17, 15) is 14.7 Å². The number of carbonyl (C=O) groups is 2. The van der Waals surface area contributed by atoms with Crippen molar-refractivity contribution in [2.24, 2.45) is 20.5 Å². The second kappa shape index (κ2) is 7.86. The van der Waals surface area contributed by atoms with Crippen molar-refractivity contribution in [2.75, 3.05) is 26.2 Å². The standard InChI is InChI=1S/C20H34N6O4/c1-17(2,3)30-16(28)25-12-9-20(29,10-13-25)14-26(11-8-19(5)23-24-19)15(27)6-7-18(4)21-22-18/h29H,6-14H2,1-5H3. The van der Waals surface area contributed by atoms with Gasteiger partial charge in [0.2, 0.25) is 5.91 Å². The Hall–Kier alpha value is -2.10. The Morgan fingerprint density at radius 1 is 1.03 bits per heavy atom. The Bertz CT molecular complexity index is 724. The molecule has 0 aromatic heterocycles. The van der Waals surface area contributed by atoms with Crippen LogP contribution in [0, 0.1) is 0 Å². The number of nitrogens with zero attached hydrogens (tertiary/aromatic N) is 6. The molecule has 10 nitrogen and oxygen atoms in total. The largest absolute Gasteiger partial charge is 0.444 e. The van der Waals surface area contributed by atoms with Crippen LogP contribution in [0.4, 0.5) is 4.79 Å². The number of hydrogen-bond acceptors (Lipinski definition) is 8. The third-order valence-electron chi connectivity index (χ3n) is 5.73. The van der Waals surface area contributed by atoms with Crippen molar-refractivity contribution >= 4 is 12.0 Å². The van der Waals surface area contributed by atoms with Crippen molar-refractivity contribution in [3.05, 3.63) is 0 Å². The van der Waals surface area contributed by atoms with Crippen molar-refractivity contribution in [3.8, 4) is 0 Å². The molecule has 3 aliphatic rings.